The Bertz CT molecular complexity index is 340. The van der Waals surface area contributed by atoms with Crippen LogP contribution in [0.1, 0.15) is 38.8 Å². The molecule has 0 bridgehead atoms. The largest absolute Gasteiger partial charge is 0.491 e. The van der Waals surface area contributed by atoms with Gasteiger partial charge in [-0.25, -0.2) is 0 Å². The third-order valence-electron chi connectivity index (χ3n) is 2.25. The quantitative estimate of drug-likeness (QED) is 0.770. The molecule has 1 atom stereocenters. The van der Waals surface area contributed by atoms with E-state index in [1.54, 1.807) is 0 Å². The lowest BCUT2D eigenvalue weighted by Crippen LogP contribution is -2.10. The van der Waals surface area contributed by atoms with Gasteiger partial charge >= 0.3 is 0 Å². The summed E-state index contributed by atoms with van der Waals surface area (Å²) in [7, 11) is 0. The van der Waals surface area contributed by atoms with Crippen LogP contribution < -0.4 is 10.5 Å². The Morgan fingerprint density at radius 2 is 1.88 bits per heavy atom. The minimum atomic E-state index is 0.0330. The molecule has 16 heavy (non-hydrogen) atoms. The first-order chi connectivity index (χ1) is 7.49. The van der Waals surface area contributed by atoms with E-state index in [0.29, 0.717) is 0 Å². The van der Waals surface area contributed by atoms with E-state index in [1.807, 2.05) is 45.0 Å². The summed E-state index contributed by atoms with van der Waals surface area (Å²) in [6.45, 7) is 9.90. The molecule has 0 unspecified atom stereocenters. The van der Waals surface area contributed by atoms with Crippen molar-refractivity contribution in [1.29, 1.82) is 0 Å². The van der Waals surface area contributed by atoms with E-state index in [1.165, 1.54) is 0 Å². The second-order valence-electron chi connectivity index (χ2n) is 4.50. The Labute approximate surface area is 98.1 Å². The molecule has 1 aromatic carbocycles. The van der Waals surface area contributed by atoms with Gasteiger partial charge in [-0.1, -0.05) is 17.7 Å². The molecular weight excluding hydrogens is 198 g/mol. The smallest absolute Gasteiger partial charge is 0.119 e. The average molecular weight is 219 g/mol. The van der Waals surface area contributed by atoms with E-state index in [2.05, 4.69) is 6.58 Å². The van der Waals surface area contributed by atoms with Crippen molar-refractivity contribution in [2.75, 3.05) is 0 Å². The van der Waals surface area contributed by atoms with E-state index >= 15 is 0 Å². The van der Waals surface area contributed by atoms with E-state index in [0.717, 1.165) is 23.3 Å². The highest BCUT2D eigenvalue weighted by Crippen LogP contribution is 2.21. The van der Waals surface area contributed by atoms with Crippen molar-refractivity contribution in [2.45, 2.75) is 39.3 Å². The van der Waals surface area contributed by atoms with Crippen molar-refractivity contribution in [2.24, 2.45) is 5.73 Å². The van der Waals surface area contributed by atoms with Gasteiger partial charge in [-0.05, 0) is 44.9 Å². The van der Waals surface area contributed by atoms with Gasteiger partial charge in [-0.2, -0.15) is 0 Å². The predicted molar refractivity (Wildman–Crippen MR) is 68.6 cm³/mol. The Hall–Kier alpha value is -1.28. The fraction of sp³-hybridized carbons (Fsp3) is 0.429. The van der Waals surface area contributed by atoms with Gasteiger partial charge in [0, 0.05) is 6.04 Å². The molecule has 88 valence electrons. The van der Waals surface area contributed by atoms with Gasteiger partial charge in [-0.3, -0.25) is 0 Å². The summed E-state index contributed by atoms with van der Waals surface area (Å²) >= 11 is 0. The fourth-order valence-electron chi connectivity index (χ4n) is 1.56. The third-order valence-corrected chi connectivity index (χ3v) is 2.25. The standard InChI is InChI=1S/C14H21NO/c1-10(2)9-14(15)12-5-7-13(8-6-12)16-11(3)4/h5-8,11,14H,1,9,15H2,2-4H3/t14-/m0/s1. The summed E-state index contributed by atoms with van der Waals surface area (Å²) in [5, 5.41) is 0. The molecule has 2 N–H and O–H groups in total. The minimum Gasteiger partial charge on any atom is -0.491 e. The summed E-state index contributed by atoms with van der Waals surface area (Å²) in [6, 6.07) is 8.00. The molecular formula is C14H21NO. The summed E-state index contributed by atoms with van der Waals surface area (Å²) in [5.41, 5.74) is 8.28. The molecule has 0 saturated heterocycles. The lowest BCUT2D eigenvalue weighted by atomic mass is 10.0. The first-order valence-electron chi connectivity index (χ1n) is 5.65. The van der Waals surface area contributed by atoms with E-state index in [9.17, 15) is 0 Å². The number of benzene rings is 1. The monoisotopic (exact) mass is 219 g/mol. The predicted octanol–water partition coefficient (Wildman–Crippen LogP) is 3.44. The number of nitrogens with two attached hydrogens (primary N) is 1. The molecule has 2 heteroatoms. The lowest BCUT2D eigenvalue weighted by molar-refractivity contribution is 0.242. The van der Waals surface area contributed by atoms with Crippen molar-refractivity contribution in [1.82, 2.24) is 0 Å². The molecule has 0 aromatic heterocycles. The van der Waals surface area contributed by atoms with Gasteiger partial charge in [0.1, 0.15) is 5.75 Å². The zero-order valence-electron chi connectivity index (χ0n) is 10.4. The van der Waals surface area contributed by atoms with Crippen LogP contribution in [0, 0.1) is 0 Å². The van der Waals surface area contributed by atoms with Crippen molar-refractivity contribution < 1.29 is 4.74 Å². The second kappa shape index (κ2) is 5.71. The van der Waals surface area contributed by atoms with E-state index < -0.39 is 0 Å². The number of ether oxygens (including phenoxy) is 1. The summed E-state index contributed by atoms with van der Waals surface area (Å²) in [5.74, 6) is 0.890. The SMILES string of the molecule is C=C(C)C[C@H](N)c1ccc(OC(C)C)cc1. The van der Waals surface area contributed by atoms with Crippen LogP contribution in [0.3, 0.4) is 0 Å². The molecule has 0 amide bonds. The van der Waals surface area contributed by atoms with Crippen molar-refractivity contribution >= 4 is 0 Å². The van der Waals surface area contributed by atoms with Crippen LogP contribution in [0.15, 0.2) is 36.4 Å². The molecule has 0 fully saturated rings. The molecule has 0 saturated carbocycles. The van der Waals surface area contributed by atoms with Crippen LogP contribution in [0.25, 0.3) is 0 Å². The van der Waals surface area contributed by atoms with Crippen LogP contribution in [-0.2, 0) is 0 Å². The van der Waals surface area contributed by atoms with Crippen LogP contribution in [-0.4, -0.2) is 6.10 Å². The Morgan fingerprint density at radius 3 is 2.31 bits per heavy atom. The Balaban J connectivity index is 2.66. The van der Waals surface area contributed by atoms with Crippen LogP contribution >= 0.6 is 0 Å². The maximum Gasteiger partial charge on any atom is 0.119 e. The Morgan fingerprint density at radius 1 is 1.31 bits per heavy atom. The zero-order valence-corrected chi connectivity index (χ0v) is 10.4. The van der Waals surface area contributed by atoms with Crippen LogP contribution in [0.4, 0.5) is 0 Å². The lowest BCUT2D eigenvalue weighted by Gasteiger charge is -2.14. The highest BCUT2D eigenvalue weighted by atomic mass is 16.5. The maximum atomic E-state index is 6.05. The topological polar surface area (TPSA) is 35.2 Å². The first-order valence-corrected chi connectivity index (χ1v) is 5.65. The molecule has 0 heterocycles. The summed E-state index contributed by atoms with van der Waals surface area (Å²) < 4.78 is 5.57. The normalized spacial score (nSPS) is 12.6. The molecule has 0 aliphatic rings. The molecule has 0 aliphatic heterocycles. The molecule has 0 aliphatic carbocycles. The first kappa shape index (κ1) is 12.8. The highest BCUT2D eigenvalue weighted by Gasteiger charge is 2.06. The number of hydrogen-bond acceptors (Lipinski definition) is 2. The second-order valence-corrected chi connectivity index (χ2v) is 4.50. The fourth-order valence-corrected chi connectivity index (χ4v) is 1.56. The van der Waals surface area contributed by atoms with Gasteiger partial charge in [-0.15, -0.1) is 6.58 Å². The van der Waals surface area contributed by atoms with Gasteiger partial charge in [0.05, 0.1) is 6.10 Å². The van der Waals surface area contributed by atoms with Gasteiger partial charge in [0.25, 0.3) is 0 Å². The molecule has 0 radical (unpaired) electrons. The third kappa shape index (κ3) is 4.07. The summed E-state index contributed by atoms with van der Waals surface area (Å²) in [4.78, 5) is 0. The Kier molecular flexibility index (Phi) is 4.56. The van der Waals surface area contributed by atoms with Gasteiger partial charge in [0.15, 0.2) is 0 Å². The average Bonchev–Trinajstić information content (AvgIpc) is 2.16. The van der Waals surface area contributed by atoms with E-state index in [4.69, 9.17) is 10.5 Å². The molecule has 2 nitrogen and oxygen atoms in total. The molecule has 0 spiro atoms. The zero-order chi connectivity index (χ0) is 12.1. The number of rotatable bonds is 5. The highest BCUT2D eigenvalue weighted by molar-refractivity contribution is 5.29. The maximum absolute atomic E-state index is 6.05. The minimum absolute atomic E-state index is 0.0330. The van der Waals surface area contributed by atoms with Gasteiger partial charge in [0.2, 0.25) is 0 Å². The van der Waals surface area contributed by atoms with E-state index in [-0.39, 0.29) is 12.1 Å². The molecule has 1 aromatic rings. The van der Waals surface area contributed by atoms with Gasteiger partial charge < -0.3 is 10.5 Å². The number of hydrogen-bond donors (Lipinski definition) is 1. The van der Waals surface area contributed by atoms with Crippen molar-refractivity contribution in [3.05, 3.63) is 42.0 Å². The van der Waals surface area contributed by atoms with Crippen molar-refractivity contribution in [3.63, 3.8) is 0 Å². The van der Waals surface area contributed by atoms with Crippen LogP contribution in [0.2, 0.25) is 0 Å². The van der Waals surface area contributed by atoms with Crippen molar-refractivity contribution in [3.8, 4) is 5.75 Å². The van der Waals surface area contributed by atoms with Crippen LogP contribution in [0.5, 0.6) is 5.75 Å². The molecule has 1 rings (SSSR count). The summed E-state index contributed by atoms with van der Waals surface area (Å²) in [6.07, 6.45) is 1.03.